The van der Waals surface area contributed by atoms with Crippen LogP contribution in [0.2, 0.25) is 0 Å². The largest absolute Gasteiger partial charge is 0.326 e. The van der Waals surface area contributed by atoms with E-state index in [4.69, 9.17) is 5.73 Å². The van der Waals surface area contributed by atoms with E-state index in [0.29, 0.717) is 6.42 Å². The summed E-state index contributed by atoms with van der Waals surface area (Å²) in [6.07, 6.45) is 2.82. The molecule has 0 spiro atoms. The van der Waals surface area contributed by atoms with Crippen molar-refractivity contribution in [2.45, 2.75) is 44.1 Å². The Morgan fingerprint density at radius 3 is 2.62 bits per heavy atom. The van der Waals surface area contributed by atoms with Crippen LogP contribution < -0.4 is 5.73 Å². The van der Waals surface area contributed by atoms with E-state index in [-0.39, 0.29) is 37.2 Å². The summed E-state index contributed by atoms with van der Waals surface area (Å²) in [7, 11) is 0. The SMILES string of the molecule is Cl.N[C@H]1CCN(CC2CCCC(F)(F)C2)C1. The second kappa shape index (κ2) is 5.61. The molecule has 2 aliphatic rings. The van der Waals surface area contributed by atoms with Gasteiger partial charge in [0.15, 0.2) is 0 Å². The van der Waals surface area contributed by atoms with Gasteiger partial charge in [-0.1, -0.05) is 0 Å². The maximum Gasteiger partial charge on any atom is 0.248 e. The fourth-order valence-electron chi connectivity index (χ4n) is 2.83. The zero-order chi connectivity index (χ0) is 10.9. The Hall–Kier alpha value is 0.0700. The van der Waals surface area contributed by atoms with Crippen LogP contribution in [0.3, 0.4) is 0 Å². The van der Waals surface area contributed by atoms with E-state index in [2.05, 4.69) is 4.90 Å². The summed E-state index contributed by atoms with van der Waals surface area (Å²) in [4.78, 5) is 2.25. The molecule has 5 heteroatoms. The number of rotatable bonds is 2. The summed E-state index contributed by atoms with van der Waals surface area (Å²) in [5.41, 5.74) is 5.79. The third kappa shape index (κ3) is 3.82. The molecule has 1 saturated heterocycles. The van der Waals surface area contributed by atoms with Gasteiger partial charge in [-0.05, 0) is 31.7 Å². The molecule has 0 aromatic heterocycles. The third-order valence-electron chi connectivity index (χ3n) is 3.57. The van der Waals surface area contributed by atoms with Gasteiger partial charge in [0, 0.05) is 32.0 Å². The fraction of sp³-hybridized carbons (Fsp3) is 1.00. The van der Waals surface area contributed by atoms with E-state index in [9.17, 15) is 8.78 Å². The Labute approximate surface area is 102 Å². The highest BCUT2D eigenvalue weighted by Gasteiger charge is 2.37. The molecular weight excluding hydrogens is 234 g/mol. The lowest BCUT2D eigenvalue weighted by Gasteiger charge is -2.31. The lowest BCUT2D eigenvalue weighted by molar-refractivity contribution is -0.0561. The highest BCUT2D eigenvalue weighted by atomic mass is 35.5. The number of nitrogens with two attached hydrogens (primary N) is 1. The van der Waals surface area contributed by atoms with Gasteiger partial charge in [-0.3, -0.25) is 0 Å². The summed E-state index contributed by atoms with van der Waals surface area (Å²) in [6.45, 7) is 2.70. The van der Waals surface area contributed by atoms with Crippen LogP contribution >= 0.6 is 12.4 Å². The Morgan fingerprint density at radius 1 is 1.31 bits per heavy atom. The van der Waals surface area contributed by atoms with Crippen LogP contribution in [-0.2, 0) is 0 Å². The van der Waals surface area contributed by atoms with Crippen molar-refractivity contribution in [3.05, 3.63) is 0 Å². The lowest BCUT2D eigenvalue weighted by Crippen LogP contribution is -2.35. The van der Waals surface area contributed by atoms with Gasteiger partial charge >= 0.3 is 0 Å². The first-order valence-corrected chi connectivity index (χ1v) is 5.91. The quantitative estimate of drug-likeness (QED) is 0.819. The molecule has 2 fully saturated rings. The predicted molar refractivity (Wildman–Crippen MR) is 63.2 cm³/mol. The van der Waals surface area contributed by atoms with Crippen molar-refractivity contribution in [3.8, 4) is 0 Å². The molecule has 0 aromatic carbocycles. The van der Waals surface area contributed by atoms with E-state index in [0.717, 1.165) is 32.5 Å². The monoisotopic (exact) mass is 254 g/mol. The van der Waals surface area contributed by atoms with Crippen LogP contribution in [0.15, 0.2) is 0 Å². The molecule has 0 aromatic rings. The Morgan fingerprint density at radius 2 is 2.06 bits per heavy atom. The van der Waals surface area contributed by atoms with Crippen LogP contribution in [0.5, 0.6) is 0 Å². The number of hydrogen-bond acceptors (Lipinski definition) is 2. The van der Waals surface area contributed by atoms with Crippen LogP contribution in [0, 0.1) is 5.92 Å². The zero-order valence-electron chi connectivity index (χ0n) is 9.50. The van der Waals surface area contributed by atoms with Crippen LogP contribution in [0.25, 0.3) is 0 Å². The summed E-state index contributed by atoms with van der Waals surface area (Å²) in [5, 5.41) is 0. The van der Waals surface area contributed by atoms with Crippen LogP contribution in [-0.4, -0.2) is 36.5 Å². The lowest BCUT2D eigenvalue weighted by atomic mass is 9.86. The Bertz CT molecular complexity index is 226. The molecule has 0 bridgehead atoms. The molecule has 1 unspecified atom stereocenters. The topological polar surface area (TPSA) is 29.3 Å². The molecule has 2 N–H and O–H groups in total. The van der Waals surface area contributed by atoms with E-state index in [1.165, 1.54) is 0 Å². The Balaban J connectivity index is 0.00000128. The molecule has 2 atom stereocenters. The number of nitrogens with zero attached hydrogens (tertiary/aromatic N) is 1. The van der Waals surface area contributed by atoms with Gasteiger partial charge in [-0.15, -0.1) is 12.4 Å². The first-order valence-electron chi connectivity index (χ1n) is 5.91. The average Bonchev–Trinajstić information content (AvgIpc) is 2.49. The first-order chi connectivity index (χ1) is 7.05. The normalized spacial score (nSPS) is 34.7. The molecule has 1 aliphatic heterocycles. The van der Waals surface area contributed by atoms with Gasteiger partial charge in [0.25, 0.3) is 0 Å². The van der Waals surface area contributed by atoms with Crippen LogP contribution in [0.1, 0.15) is 32.1 Å². The van der Waals surface area contributed by atoms with Gasteiger partial charge < -0.3 is 10.6 Å². The second-order valence-corrected chi connectivity index (χ2v) is 5.13. The fourth-order valence-corrected chi connectivity index (χ4v) is 2.83. The zero-order valence-corrected chi connectivity index (χ0v) is 10.3. The minimum absolute atomic E-state index is 0. The Kier molecular flexibility index (Phi) is 4.95. The van der Waals surface area contributed by atoms with Gasteiger partial charge in [-0.25, -0.2) is 8.78 Å². The molecule has 2 rings (SSSR count). The van der Waals surface area contributed by atoms with Gasteiger partial charge in [-0.2, -0.15) is 0 Å². The van der Waals surface area contributed by atoms with Crippen molar-refractivity contribution in [2.75, 3.05) is 19.6 Å². The summed E-state index contributed by atoms with van der Waals surface area (Å²) >= 11 is 0. The maximum absolute atomic E-state index is 13.2. The summed E-state index contributed by atoms with van der Waals surface area (Å²) in [6, 6.07) is 0.258. The summed E-state index contributed by atoms with van der Waals surface area (Å²) in [5.74, 6) is -2.23. The van der Waals surface area contributed by atoms with Crippen molar-refractivity contribution in [2.24, 2.45) is 11.7 Å². The van der Waals surface area contributed by atoms with Crippen molar-refractivity contribution < 1.29 is 8.78 Å². The van der Waals surface area contributed by atoms with Gasteiger partial charge in [0.2, 0.25) is 5.92 Å². The number of alkyl halides is 2. The number of hydrogen-bond donors (Lipinski definition) is 1. The van der Waals surface area contributed by atoms with E-state index < -0.39 is 5.92 Å². The van der Waals surface area contributed by atoms with E-state index in [1.54, 1.807) is 0 Å². The molecule has 2 nitrogen and oxygen atoms in total. The third-order valence-corrected chi connectivity index (χ3v) is 3.57. The van der Waals surface area contributed by atoms with Crippen molar-refractivity contribution in [1.29, 1.82) is 0 Å². The molecule has 16 heavy (non-hydrogen) atoms. The second-order valence-electron chi connectivity index (χ2n) is 5.13. The average molecular weight is 255 g/mol. The van der Waals surface area contributed by atoms with Crippen molar-refractivity contribution in [3.63, 3.8) is 0 Å². The minimum Gasteiger partial charge on any atom is -0.326 e. The van der Waals surface area contributed by atoms with Crippen molar-refractivity contribution in [1.82, 2.24) is 4.90 Å². The van der Waals surface area contributed by atoms with Crippen molar-refractivity contribution >= 4 is 12.4 Å². The maximum atomic E-state index is 13.2. The molecule has 1 saturated carbocycles. The molecule has 1 heterocycles. The van der Waals surface area contributed by atoms with E-state index >= 15 is 0 Å². The first kappa shape index (κ1) is 14.1. The smallest absolute Gasteiger partial charge is 0.248 e. The highest BCUT2D eigenvalue weighted by Crippen LogP contribution is 2.37. The minimum atomic E-state index is -2.41. The molecule has 0 amide bonds. The molecule has 1 aliphatic carbocycles. The van der Waals surface area contributed by atoms with Gasteiger partial charge in [0.05, 0.1) is 0 Å². The standard InChI is InChI=1S/C11H20F2N2.ClH/c12-11(13)4-1-2-9(6-11)7-15-5-3-10(14)8-15;/h9-10H,1-8,14H2;1H/t9?,10-;/m0./s1. The van der Waals surface area contributed by atoms with Gasteiger partial charge in [0.1, 0.15) is 0 Å². The predicted octanol–water partition coefficient (Wildman–Crippen LogP) is 2.27. The van der Waals surface area contributed by atoms with Crippen LogP contribution in [0.4, 0.5) is 8.78 Å². The molecular formula is C11H21ClF2N2. The number of halogens is 3. The molecule has 0 radical (unpaired) electrons. The molecule has 96 valence electrons. The highest BCUT2D eigenvalue weighted by molar-refractivity contribution is 5.85. The summed E-state index contributed by atoms with van der Waals surface area (Å²) < 4.78 is 26.3. The number of likely N-dealkylation sites (tertiary alicyclic amines) is 1. The van der Waals surface area contributed by atoms with E-state index in [1.807, 2.05) is 0 Å².